The van der Waals surface area contributed by atoms with Crippen LogP contribution in [0.15, 0.2) is 24.3 Å². The number of rotatable bonds is 6. The lowest BCUT2D eigenvalue weighted by molar-refractivity contribution is -0.117. The number of nitrogens with one attached hydrogen (secondary N) is 1. The zero-order valence-electron chi connectivity index (χ0n) is 14.1. The van der Waals surface area contributed by atoms with Crippen LogP contribution in [0.1, 0.15) is 50.4 Å². The highest BCUT2D eigenvalue weighted by Crippen LogP contribution is 2.23. The maximum atomic E-state index is 12.3. The first-order valence-electron chi connectivity index (χ1n) is 8.15. The largest absolute Gasteiger partial charge is 0.393 e. The van der Waals surface area contributed by atoms with Crippen LogP contribution in [0.2, 0.25) is 0 Å². The van der Waals surface area contributed by atoms with Gasteiger partial charge in [-0.1, -0.05) is 19.9 Å². The van der Waals surface area contributed by atoms with Crippen molar-refractivity contribution < 1.29 is 14.7 Å². The maximum absolute atomic E-state index is 12.3. The van der Waals surface area contributed by atoms with Gasteiger partial charge in [-0.3, -0.25) is 9.59 Å². The fourth-order valence-corrected chi connectivity index (χ4v) is 3.03. The molecular weight excluding hydrogens is 292 g/mol. The van der Waals surface area contributed by atoms with Gasteiger partial charge in [0.15, 0.2) is 0 Å². The molecule has 0 aromatic heterocycles. The number of aliphatic hydroxyl groups is 1. The summed E-state index contributed by atoms with van der Waals surface area (Å²) in [7, 11) is 0. The van der Waals surface area contributed by atoms with Gasteiger partial charge in [-0.25, -0.2) is 0 Å². The van der Waals surface area contributed by atoms with Crippen molar-refractivity contribution in [3.8, 4) is 0 Å². The first-order chi connectivity index (χ1) is 10.8. The lowest BCUT2D eigenvalue weighted by Crippen LogP contribution is -2.35. The first-order valence-corrected chi connectivity index (χ1v) is 8.15. The van der Waals surface area contributed by atoms with E-state index >= 15 is 0 Å². The average Bonchev–Trinajstić information content (AvgIpc) is 2.90. The van der Waals surface area contributed by atoms with Crippen LogP contribution >= 0.6 is 0 Å². The molecule has 0 saturated carbocycles. The molecule has 23 heavy (non-hydrogen) atoms. The second-order valence-electron chi connectivity index (χ2n) is 7.10. The highest BCUT2D eigenvalue weighted by molar-refractivity contribution is 5.99. The standard InChI is InChI=1S/C18H26N2O3/c1-13(21)11-18(2,3)12-19-17(23)14-6-4-7-15(10-14)20-9-5-8-16(20)22/h4,6-7,10,13,21H,5,8-9,11-12H2,1-3H3,(H,19,23). The van der Waals surface area contributed by atoms with Crippen molar-refractivity contribution in [1.29, 1.82) is 0 Å². The first kappa shape index (κ1) is 17.5. The summed E-state index contributed by atoms with van der Waals surface area (Å²) in [5, 5.41) is 12.4. The van der Waals surface area contributed by atoms with Gasteiger partial charge in [-0.2, -0.15) is 0 Å². The predicted octanol–water partition coefficient (Wildman–Crippen LogP) is 2.34. The van der Waals surface area contributed by atoms with Crippen LogP contribution in [0.25, 0.3) is 0 Å². The Morgan fingerprint density at radius 3 is 2.78 bits per heavy atom. The lowest BCUT2D eigenvalue weighted by Gasteiger charge is -2.26. The summed E-state index contributed by atoms with van der Waals surface area (Å²) in [5.74, 6) is -0.0437. The maximum Gasteiger partial charge on any atom is 0.251 e. The molecule has 2 N–H and O–H groups in total. The number of amides is 2. The Bertz CT molecular complexity index is 581. The van der Waals surface area contributed by atoms with Crippen LogP contribution in [0.3, 0.4) is 0 Å². The minimum Gasteiger partial charge on any atom is -0.393 e. The molecule has 1 aromatic carbocycles. The number of carbonyl (C=O) groups excluding carboxylic acids is 2. The molecule has 0 aliphatic carbocycles. The molecule has 0 radical (unpaired) electrons. The van der Waals surface area contributed by atoms with Crippen LogP contribution < -0.4 is 10.2 Å². The van der Waals surface area contributed by atoms with Crippen molar-refractivity contribution in [1.82, 2.24) is 5.32 Å². The van der Waals surface area contributed by atoms with Crippen LogP contribution in [0.4, 0.5) is 5.69 Å². The number of nitrogens with zero attached hydrogens (tertiary/aromatic N) is 1. The molecule has 1 aliphatic heterocycles. The van der Waals surface area contributed by atoms with Gasteiger partial charge < -0.3 is 15.3 Å². The van der Waals surface area contributed by atoms with Crippen molar-refractivity contribution in [2.75, 3.05) is 18.0 Å². The van der Waals surface area contributed by atoms with E-state index < -0.39 is 6.10 Å². The lowest BCUT2D eigenvalue weighted by atomic mass is 9.87. The second kappa shape index (κ2) is 7.13. The molecule has 1 fully saturated rings. The Hall–Kier alpha value is -1.88. The monoisotopic (exact) mass is 318 g/mol. The summed E-state index contributed by atoms with van der Waals surface area (Å²) < 4.78 is 0. The molecule has 5 heteroatoms. The molecule has 1 unspecified atom stereocenters. The Kier molecular flexibility index (Phi) is 5.42. The quantitative estimate of drug-likeness (QED) is 0.846. The van der Waals surface area contributed by atoms with Gasteiger partial charge in [0.1, 0.15) is 0 Å². The van der Waals surface area contributed by atoms with E-state index in [-0.39, 0.29) is 17.2 Å². The third-order valence-electron chi connectivity index (χ3n) is 4.07. The molecule has 1 aliphatic rings. The van der Waals surface area contributed by atoms with Gasteiger partial charge in [-0.15, -0.1) is 0 Å². The SMILES string of the molecule is CC(O)CC(C)(C)CNC(=O)c1cccc(N2CCCC2=O)c1. The van der Waals surface area contributed by atoms with Crippen molar-refractivity contribution in [2.45, 2.75) is 46.1 Å². The van der Waals surface area contributed by atoms with Crippen molar-refractivity contribution in [3.05, 3.63) is 29.8 Å². The van der Waals surface area contributed by atoms with Gasteiger partial charge in [0.05, 0.1) is 6.10 Å². The molecule has 1 aromatic rings. The summed E-state index contributed by atoms with van der Waals surface area (Å²) in [5.41, 5.74) is 1.16. The number of aliphatic hydroxyl groups excluding tert-OH is 1. The molecule has 126 valence electrons. The molecular formula is C18H26N2O3. The number of anilines is 1. The number of hydrogen-bond donors (Lipinski definition) is 2. The molecule has 2 rings (SSSR count). The molecule has 1 saturated heterocycles. The summed E-state index contributed by atoms with van der Waals surface area (Å²) >= 11 is 0. The number of hydrogen-bond acceptors (Lipinski definition) is 3. The molecule has 2 amide bonds. The third kappa shape index (κ3) is 4.79. The van der Waals surface area contributed by atoms with Crippen LogP contribution in [-0.2, 0) is 4.79 Å². The summed E-state index contributed by atoms with van der Waals surface area (Å²) in [6, 6.07) is 7.18. The Morgan fingerprint density at radius 1 is 1.43 bits per heavy atom. The minimum atomic E-state index is -0.397. The highest BCUT2D eigenvalue weighted by Gasteiger charge is 2.23. The van der Waals surface area contributed by atoms with E-state index in [9.17, 15) is 14.7 Å². The van der Waals surface area contributed by atoms with Crippen LogP contribution in [0.5, 0.6) is 0 Å². The van der Waals surface area contributed by atoms with Gasteiger partial charge in [-0.05, 0) is 43.4 Å². The van der Waals surface area contributed by atoms with E-state index in [0.29, 0.717) is 31.5 Å². The summed E-state index contributed by atoms with van der Waals surface area (Å²) in [6.45, 7) is 6.98. The smallest absolute Gasteiger partial charge is 0.251 e. The van der Waals surface area contributed by atoms with Crippen molar-refractivity contribution >= 4 is 17.5 Å². The Balaban J connectivity index is 2.01. The van der Waals surface area contributed by atoms with Crippen LogP contribution in [-0.4, -0.2) is 36.1 Å². The zero-order chi connectivity index (χ0) is 17.0. The molecule has 1 atom stereocenters. The van der Waals surface area contributed by atoms with E-state index in [2.05, 4.69) is 5.32 Å². The number of carbonyl (C=O) groups is 2. The Labute approximate surface area is 137 Å². The highest BCUT2D eigenvalue weighted by atomic mass is 16.3. The van der Waals surface area contributed by atoms with Crippen molar-refractivity contribution in [2.24, 2.45) is 5.41 Å². The van der Waals surface area contributed by atoms with E-state index in [1.807, 2.05) is 19.9 Å². The molecule has 5 nitrogen and oxygen atoms in total. The average molecular weight is 318 g/mol. The predicted molar refractivity (Wildman–Crippen MR) is 90.4 cm³/mol. The van der Waals surface area contributed by atoms with E-state index in [1.165, 1.54) is 0 Å². The van der Waals surface area contributed by atoms with E-state index in [1.54, 1.807) is 30.0 Å². The van der Waals surface area contributed by atoms with Crippen LogP contribution in [0, 0.1) is 5.41 Å². The van der Waals surface area contributed by atoms with Gasteiger partial charge in [0, 0.05) is 30.8 Å². The topological polar surface area (TPSA) is 69.6 Å². The normalized spacial score (nSPS) is 16.5. The van der Waals surface area contributed by atoms with E-state index in [0.717, 1.165) is 12.1 Å². The third-order valence-corrected chi connectivity index (χ3v) is 4.07. The van der Waals surface area contributed by atoms with Gasteiger partial charge >= 0.3 is 0 Å². The second-order valence-corrected chi connectivity index (χ2v) is 7.10. The van der Waals surface area contributed by atoms with E-state index in [4.69, 9.17) is 0 Å². The molecule has 0 spiro atoms. The molecule has 1 heterocycles. The fraction of sp³-hybridized carbons (Fsp3) is 0.556. The van der Waals surface area contributed by atoms with Gasteiger partial charge in [0.25, 0.3) is 5.91 Å². The fourth-order valence-electron chi connectivity index (χ4n) is 3.03. The summed E-state index contributed by atoms with van der Waals surface area (Å²) in [4.78, 5) is 25.9. The Morgan fingerprint density at radius 2 is 2.17 bits per heavy atom. The minimum absolute atomic E-state index is 0.112. The van der Waals surface area contributed by atoms with Gasteiger partial charge in [0.2, 0.25) is 5.91 Å². The van der Waals surface area contributed by atoms with Crippen molar-refractivity contribution in [3.63, 3.8) is 0 Å². The zero-order valence-corrected chi connectivity index (χ0v) is 14.1. The number of benzene rings is 1. The molecule has 0 bridgehead atoms. The summed E-state index contributed by atoms with van der Waals surface area (Å²) in [6.07, 6.45) is 1.66.